The Bertz CT molecular complexity index is 850. The molecule has 4 bridgehead atoms. The van der Waals surface area contributed by atoms with Crippen LogP contribution in [-0.4, -0.2) is 36.8 Å². The number of esters is 1. The van der Waals surface area contributed by atoms with Gasteiger partial charge < -0.3 is 14.2 Å². The van der Waals surface area contributed by atoms with Crippen molar-refractivity contribution in [3.8, 4) is 0 Å². The van der Waals surface area contributed by atoms with Gasteiger partial charge in [-0.3, -0.25) is 0 Å². The highest BCUT2D eigenvalue weighted by Gasteiger charge is 2.79. The van der Waals surface area contributed by atoms with Gasteiger partial charge in [0.25, 0.3) is 0 Å². The Morgan fingerprint density at radius 1 is 0.912 bits per heavy atom. The van der Waals surface area contributed by atoms with Crippen molar-refractivity contribution >= 4 is 12.0 Å². The van der Waals surface area contributed by atoms with E-state index in [2.05, 4.69) is 16.1 Å². The molecule has 0 aromatic heterocycles. The van der Waals surface area contributed by atoms with Crippen molar-refractivity contribution in [1.82, 2.24) is 0 Å². The molecule has 1 aromatic carbocycles. The standard InChI is InChI=1S/C24H26F6O4/c1-2-14-3-5-15(6-4-14)12-32-21(31)22(23(25,26)27,24(28,29)30)34-13-33-20-18-8-16-7-17(10-18)11-19(20)9-16/h2-6,16-20H,1,7-13H2. The molecule has 34 heavy (non-hydrogen) atoms. The maximum Gasteiger partial charge on any atom is 0.437 e. The lowest BCUT2D eigenvalue weighted by molar-refractivity contribution is -0.385. The molecule has 0 N–H and O–H groups in total. The van der Waals surface area contributed by atoms with Crippen LogP contribution in [0.25, 0.3) is 6.08 Å². The predicted octanol–water partition coefficient (Wildman–Crippen LogP) is 6.05. The van der Waals surface area contributed by atoms with E-state index in [-0.39, 0.29) is 17.4 Å². The number of ether oxygens (including phenoxy) is 3. The number of carbonyl (C=O) groups excluding carboxylic acids is 1. The van der Waals surface area contributed by atoms with Crippen molar-refractivity contribution in [3.05, 3.63) is 42.0 Å². The molecular formula is C24H26F6O4. The van der Waals surface area contributed by atoms with Gasteiger partial charge >= 0.3 is 23.9 Å². The van der Waals surface area contributed by atoms with E-state index in [4.69, 9.17) is 4.74 Å². The predicted molar refractivity (Wildman–Crippen MR) is 109 cm³/mol. The molecule has 0 atom stereocenters. The molecule has 4 nitrogen and oxygen atoms in total. The van der Waals surface area contributed by atoms with Crippen LogP contribution in [0.4, 0.5) is 26.3 Å². The van der Waals surface area contributed by atoms with Crippen molar-refractivity contribution in [2.24, 2.45) is 23.7 Å². The molecule has 4 aliphatic carbocycles. The second-order valence-corrected chi connectivity index (χ2v) is 9.52. The minimum Gasteiger partial charge on any atom is -0.458 e. The number of halogens is 6. The third kappa shape index (κ3) is 4.58. The molecule has 4 saturated carbocycles. The second kappa shape index (κ2) is 9.18. The molecule has 0 aliphatic heterocycles. The fourth-order valence-corrected chi connectivity index (χ4v) is 5.96. The first-order valence-corrected chi connectivity index (χ1v) is 11.2. The van der Waals surface area contributed by atoms with Crippen molar-refractivity contribution < 1.29 is 45.3 Å². The van der Waals surface area contributed by atoms with Gasteiger partial charge in [0.15, 0.2) is 0 Å². The topological polar surface area (TPSA) is 44.8 Å². The summed E-state index contributed by atoms with van der Waals surface area (Å²) in [6, 6.07) is 5.88. The Labute approximate surface area is 193 Å². The van der Waals surface area contributed by atoms with Gasteiger partial charge in [-0.1, -0.05) is 36.9 Å². The third-order valence-electron chi connectivity index (χ3n) is 7.35. The van der Waals surface area contributed by atoms with Crippen LogP contribution in [0.5, 0.6) is 0 Å². The van der Waals surface area contributed by atoms with Crippen LogP contribution in [0.3, 0.4) is 0 Å². The number of alkyl halides is 6. The Balaban J connectivity index is 1.46. The lowest BCUT2D eigenvalue weighted by Crippen LogP contribution is -2.65. The number of hydrogen-bond acceptors (Lipinski definition) is 4. The molecule has 4 aliphatic rings. The molecule has 0 saturated heterocycles. The highest BCUT2D eigenvalue weighted by molar-refractivity contribution is 5.82. The molecule has 0 unspecified atom stereocenters. The van der Waals surface area contributed by atoms with Gasteiger partial charge in [-0.05, 0) is 66.9 Å². The molecule has 10 heteroatoms. The highest BCUT2D eigenvalue weighted by Crippen LogP contribution is 2.55. The van der Waals surface area contributed by atoms with E-state index in [0.29, 0.717) is 17.4 Å². The Kier molecular flexibility index (Phi) is 6.76. The average molecular weight is 492 g/mol. The van der Waals surface area contributed by atoms with Crippen LogP contribution in [0, 0.1) is 23.7 Å². The molecular weight excluding hydrogens is 466 g/mol. The summed E-state index contributed by atoms with van der Waals surface area (Å²) in [4.78, 5) is 12.3. The molecule has 0 spiro atoms. The Morgan fingerprint density at radius 3 is 1.91 bits per heavy atom. The van der Waals surface area contributed by atoms with Crippen LogP contribution in [0.15, 0.2) is 30.8 Å². The van der Waals surface area contributed by atoms with Crippen molar-refractivity contribution in [2.45, 2.75) is 62.8 Å². The minimum absolute atomic E-state index is 0.0940. The smallest absolute Gasteiger partial charge is 0.437 e. The SMILES string of the molecule is C=Cc1ccc(COC(=O)C(OCOC2C3CC4CC(C3)CC2C4)(C(F)(F)F)C(F)(F)F)cc1. The molecule has 0 amide bonds. The van der Waals surface area contributed by atoms with E-state index >= 15 is 0 Å². The lowest BCUT2D eigenvalue weighted by atomic mass is 9.55. The quantitative estimate of drug-likeness (QED) is 0.252. The van der Waals surface area contributed by atoms with Gasteiger partial charge in [-0.15, -0.1) is 0 Å². The first-order chi connectivity index (χ1) is 15.9. The first kappa shape index (κ1) is 25.0. The number of carbonyl (C=O) groups is 1. The van der Waals surface area contributed by atoms with E-state index in [1.807, 2.05) is 0 Å². The molecule has 1 aromatic rings. The average Bonchev–Trinajstić information content (AvgIpc) is 2.74. The van der Waals surface area contributed by atoms with Crippen LogP contribution in [-0.2, 0) is 25.6 Å². The zero-order valence-corrected chi connectivity index (χ0v) is 18.3. The van der Waals surface area contributed by atoms with Gasteiger partial charge in [-0.2, -0.15) is 26.3 Å². The minimum atomic E-state index is -6.11. The van der Waals surface area contributed by atoms with E-state index < -0.39 is 43.4 Å². The van der Waals surface area contributed by atoms with Crippen LogP contribution in [0.1, 0.15) is 43.2 Å². The van der Waals surface area contributed by atoms with Gasteiger partial charge in [0.2, 0.25) is 0 Å². The molecule has 0 heterocycles. The molecule has 0 radical (unpaired) electrons. The van der Waals surface area contributed by atoms with Crippen LogP contribution < -0.4 is 0 Å². The number of benzene rings is 1. The summed E-state index contributed by atoms with van der Waals surface area (Å²) < 4.78 is 96.9. The van der Waals surface area contributed by atoms with Gasteiger partial charge in [0, 0.05) is 0 Å². The zero-order valence-electron chi connectivity index (χ0n) is 18.3. The van der Waals surface area contributed by atoms with Gasteiger partial charge in [-0.25, -0.2) is 4.79 Å². The normalized spacial score (nSPS) is 28.7. The van der Waals surface area contributed by atoms with Crippen molar-refractivity contribution in [3.63, 3.8) is 0 Å². The summed E-state index contributed by atoms with van der Waals surface area (Å²) in [5.41, 5.74) is -4.25. The summed E-state index contributed by atoms with van der Waals surface area (Å²) >= 11 is 0. The third-order valence-corrected chi connectivity index (χ3v) is 7.35. The zero-order chi connectivity index (χ0) is 24.7. The van der Waals surface area contributed by atoms with Gasteiger partial charge in [0.1, 0.15) is 13.4 Å². The van der Waals surface area contributed by atoms with E-state index in [0.717, 1.165) is 32.1 Å². The summed E-state index contributed by atoms with van der Waals surface area (Å²) in [5, 5.41) is 0. The van der Waals surface area contributed by atoms with Crippen LogP contribution in [0.2, 0.25) is 0 Å². The molecule has 188 valence electrons. The number of hydrogen-bond donors (Lipinski definition) is 0. The maximum absolute atomic E-state index is 13.8. The van der Waals surface area contributed by atoms with E-state index in [1.165, 1.54) is 30.3 Å². The second-order valence-electron chi connectivity index (χ2n) is 9.52. The fourth-order valence-electron chi connectivity index (χ4n) is 5.96. The van der Waals surface area contributed by atoms with Gasteiger partial charge in [0.05, 0.1) is 6.10 Å². The van der Waals surface area contributed by atoms with Crippen LogP contribution >= 0.6 is 0 Å². The summed E-state index contributed by atoms with van der Waals surface area (Å²) in [6.07, 6.45) is -6.63. The van der Waals surface area contributed by atoms with Crippen molar-refractivity contribution in [2.75, 3.05) is 6.79 Å². The van der Waals surface area contributed by atoms with Crippen molar-refractivity contribution in [1.29, 1.82) is 0 Å². The Morgan fingerprint density at radius 2 is 1.44 bits per heavy atom. The maximum atomic E-state index is 13.8. The highest BCUT2D eigenvalue weighted by atomic mass is 19.4. The molecule has 4 fully saturated rings. The largest absolute Gasteiger partial charge is 0.458 e. The summed E-state index contributed by atoms with van der Waals surface area (Å²) in [6.45, 7) is 1.45. The Hall–Kier alpha value is -2.07. The summed E-state index contributed by atoms with van der Waals surface area (Å²) in [7, 11) is 0. The van der Waals surface area contributed by atoms with E-state index in [9.17, 15) is 31.1 Å². The lowest BCUT2D eigenvalue weighted by Gasteiger charge is -2.54. The number of rotatable bonds is 8. The molecule has 5 rings (SSSR count). The van der Waals surface area contributed by atoms with E-state index in [1.54, 1.807) is 0 Å². The fraction of sp³-hybridized carbons (Fsp3) is 0.625. The first-order valence-electron chi connectivity index (χ1n) is 11.2. The monoisotopic (exact) mass is 492 g/mol. The summed E-state index contributed by atoms with van der Waals surface area (Å²) in [5.74, 6) is -1.30.